The lowest BCUT2D eigenvalue weighted by atomic mass is 9.96. The van der Waals surface area contributed by atoms with E-state index >= 15 is 0 Å². The first-order valence-electron chi connectivity index (χ1n) is 7.06. The van der Waals surface area contributed by atoms with Gasteiger partial charge in [-0.3, -0.25) is 5.32 Å². The fourth-order valence-electron chi connectivity index (χ4n) is 2.59. The monoisotopic (exact) mass is 331 g/mol. The molecule has 0 fully saturated rings. The van der Waals surface area contributed by atoms with Crippen molar-refractivity contribution in [2.45, 2.75) is 25.7 Å². The number of hydrogen-bond donors (Lipinski definition) is 2. The van der Waals surface area contributed by atoms with Gasteiger partial charge in [0, 0.05) is 4.88 Å². The molecule has 1 aromatic carbocycles. The van der Waals surface area contributed by atoms with Gasteiger partial charge in [-0.2, -0.15) is 5.26 Å². The third kappa shape index (κ3) is 2.94. The van der Waals surface area contributed by atoms with Gasteiger partial charge < -0.3 is 5.32 Å². The van der Waals surface area contributed by atoms with Crippen LogP contribution in [0.1, 0.15) is 28.8 Å². The van der Waals surface area contributed by atoms with Crippen LogP contribution in [0.2, 0.25) is 5.02 Å². The van der Waals surface area contributed by atoms with E-state index in [9.17, 15) is 10.1 Å². The lowest BCUT2D eigenvalue weighted by molar-refractivity contribution is 0.262. The van der Waals surface area contributed by atoms with Crippen LogP contribution in [0.3, 0.4) is 0 Å². The Labute approximate surface area is 137 Å². The van der Waals surface area contributed by atoms with Gasteiger partial charge in [0.2, 0.25) is 0 Å². The van der Waals surface area contributed by atoms with Crippen molar-refractivity contribution in [3.63, 3.8) is 0 Å². The molecule has 0 atom stereocenters. The van der Waals surface area contributed by atoms with E-state index in [1.807, 2.05) is 0 Å². The summed E-state index contributed by atoms with van der Waals surface area (Å²) in [5.74, 6) is 0. The van der Waals surface area contributed by atoms with Crippen LogP contribution >= 0.6 is 22.9 Å². The molecule has 0 spiro atoms. The van der Waals surface area contributed by atoms with Crippen LogP contribution in [-0.2, 0) is 12.8 Å². The predicted molar refractivity (Wildman–Crippen MR) is 89.8 cm³/mol. The van der Waals surface area contributed by atoms with Crippen LogP contribution in [0.15, 0.2) is 24.3 Å². The van der Waals surface area contributed by atoms with Crippen molar-refractivity contribution in [3.8, 4) is 6.07 Å². The number of nitriles is 1. The van der Waals surface area contributed by atoms with Crippen molar-refractivity contribution in [2.75, 3.05) is 10.6 Å². The van der Waals surface area contributed by atoms with Crippen LogP contribution in [0, 0.1) is 11.3 Å². The number of carbonyl (C=O) groups excluding carboxylic acids is 1. The second kappa shape index (κ2) is 6.39. The molecule has 1 heterocycles. The maximum atomic E-state index is 12.1. The third-order valence-electron chi connectivity index (χ3n) is 3.63. The Morgan fingerprint density at radius 1 is 1.23 bits per heavy atom. The Bertz CT molecular complexity index is 763. The van der Waals surface area contributed by atoms with E-state index in [0.29, 0.717) is 21.3 Å². The summed E-state index contributed by atoms with van der Waals surface area (Å²) >= 11 is 7.52. The normalized spacial score (nSPS) is 13.1. The van der Waals surface area contributed by atoms with Gasteiger partial charge in [0.25, 0.3) is 0 Å². The maximum Gasteiger partial charge on any atom is 0.324 e. The quantitative estimate of drug-likeness (QED) is 0.830. The van der Waals surface area contributed by atoms with E-state index in [2.05, 4.69) is 16.7 Å². The van der Waals surface area contributed by atoms with Crippen molar-refractivity contribution >= 4 is 39.7 Å². The molecule has 1 aliphatic carbocycles. The molecule has 2 N–H and O–H groups in total. The molecule has 2 amide bonds. The van der Waals surface area contributed by atoms with Crippen molar-refractivity contribution in [3.05, 3.63) is 45.3 Å². The molecule has 0 bridgehead atoms. The Kier molecular flexibility index (Phi) is 4.32. The summed E-state index contributed by atoms with van der Waals surface area (Å²) in [5, 5.41) is 16.0. The lowest BCUT2D eigenvalue weighted by Crippen LogP contribution is -2.19. The molecule has 1 aliphatic rings. The van der Waals surface area contributed by atoms with Crippen LogP contribution in [-0.4, -0.2) is 6.03 Å². The Morgan fingerprint density at radius 2 is 2.00 bits per heavy atom. The molecule has 0 unspecified atom stereocenters. The molecule has 0 aliphatic heterocycles. The minimum absolute atomic E-state index is 0.386. The molecular formula is C16H14ClN3OS. The zero-order valence-corrected chi connectivity index (χ0v) is 13.4. The van der Waals surface area contributed by atoms with Crippen molar-refractivity contribution < 1.29 is 4.79 Å². The van der Waals surface area contributed by atoms with Crippen molar-refractivity contribution in [2.24, 2.45) is 0 Å². The number of nitrogens with one attached hydrogen (secondary N) is 2. The SMILES string of the molecule is N#Cc1c(NC(=O)Nc2ccccc2Cl)sc2c1CCCC2. The first-order chi connectivity index (χ1) is 10.7. The van der Waals surface area contributed by atoms with Gasteiger partial charge in [-0.15, -0.1) is 11.3 Å². The lowest BCUT2D eigenvalue weighted by Gasteiger charge is -2.09. The molecule has 0 saturated heterocycles. The minimum atomic E-state index is -0.386. The highest BCUT2D eigenvalue weighted by molar-refractivity contribution is 7.16. The zero-order valence-electron chi connectivity index (χ0n) is 11.8. The maximum absolute atomic E-state index is 12.1. The largest absolute Gasteiger partial charge is 0.324 e. The fourth-order valence-corrected chi connectivity index (χ4v) is 4.01. The van der Waals surface area contributed by atoms with E-state index in [4.69, 9.17) is 11.6 Å². The van der Waals surface area contributed by atoms with Gasteiger partial charge in [-0.05, 0) is 43.4 Å². The van der Waals surface area contributed by atoms with Crippen LogP contribution in [0.5, 0.6) is 0 Å². The predicted octanol–water partition coefficient (Wildman–Crippen LogP) is 4.80. The second-order valence-electron chi connectivity index (χ2n) is 5.09. The number of anilines is 2. The van der Waals surface area contributed by atoms with Gasteiger partial charge in [0.15, 0.2) is 0 Å². The van der Waals surface area contributed by atoms with E-state index < -0.39 is 0 Å². The summed E-state index contributed by atoms with van der Waals surface area (Å²) in [5.41, 5.74) is 2.25. The standard InChI is InChI=1S/C16H14ClN3OS/c17-12-6-2-3-7-13(12)19-16(21)20-15-11(9-18)10-5-1-4-8-14(10)22-15/h2-3,6-7H,1,4-5,8H2,(H2,19,20,21). The van der Waals surface area contributed by atoms with E-state index in [0.717, 1.165) is 31.2 Å². The summed E-state index contributed by atoms with van der Waals surface area (Å²) in [7, 11) is 0. The Morgan fingerprint density at radius 3 is 2.77 bits per heavy atom. The van der Waals surface area contributed by atoms with Gasteiger partial charge in [0.05, 0.1) is 16.3 Å². The molecule has 2 aromatic rings. The summed E-state index contributed by atoms with van der Waals surface area (Å²) < 4.78 is 0. The summed E-state index contributed by atoms with van der Waals surface area (Å²) in [6.07, 6.45) is 4.15. The molecular weight excluding hydrogens is 318 g/mol. The number of benzene rings is 1. The number of halogens is 1. The van der Waals surface area contributed by atoms with Crippen LogP contribution in [0.4, 0.5) is 15.5 Å². The molecule has 0 radical (unpaired) electrons. The number of thiophene rings is 1. The average molecular weight is 332 g/mol. The number of amides is 2. The smallest absolute Gasteiger partial charge is 0.306 e. The van der Waals surface area contributed by atoms with Crippen LogP contribution in [0.25, 0.3) is 0 Å². The molecule has 4 nitrogen and oxygen atoms in total. The molecule has 1 aromatic heterocycles. The number of urea groups is 1. The Balaban J connectivity index is 1.79. The number of para-hydroxylation sites is 1. The van der Waals surface area contributed by atoms with Gasteiger partial charge >= 0.3 is 6.03 Å². The van der Waals surface area contributed by atoms with Gasteiger partial charge in [-0.25, -0.2) is 4.79 Å². The fraction of sp³-hybridized carbons (Fsp3) is 0.250. The van der Waals surface area contributed by atoms with Gasteiger partial charge in [0.1, 0.15) is 11.1 Å². The second-order valence-corrected chi connectivity index (χ2v) is 6.60. The average Bonchev–Trinajstić information content (AvgIpc) is 2.86. The topological polar surface area (TPSA) is 64.9 Å². The zero-order chi connectivity index (χ0) is 15.5. The number of carbonyl (C=O) groups is 1. The highest BCUT2D eigenvalue weighted by Gasteiger charge is 2.21. The molecule has 3 rings (SSSR count). The Hall–Kier alpha value is -2.03. The molecule has 6 heteroatoms. The molecule has 112 valence electrons. The highest BCUT2D eigenvalue weighted by atomic mass is 35.5. The number of fused-ring (bicyclic) bond motifs is 1. The minimum Gasteiger partial charge on any atom is -0.306 e. The molecule has 22 heavy (non-hydrogen) atoms. The number of nitrogens with zero attached hydrogens (tertiary/aromatic N) is 1. The van der Waals surface area contributed by atoms with Gasteiger partial charge in [-0.1, -0.05) is 23.7 Å². The van der Waals surface area contributed by atoms with Crippen molar-refractivity contribution in [1.82, 2.24) is 0 Å². The molecule has 0 saturated carbocycles. The van der Waals surface area contributed by atoms with Crippen LogP contribution < -0.4 is 10.6 Å². The van der Waals surface area contributed by atoms with E-state index in [1.54, 1.807) is 24.3 Å². The number of aryl methyl sites for hydroxylation is 1. The van der Waals surface area contributed by atoms with E-state index in [-0.39, 0.29) is 6.03 Å². The number of hydrogen-bond acceptors (Lipinski definition) is 3. The summed E-state index contributed by atoms with van der Waals surface area (Å²) in [6.45, 7) is 0. The highest BCUT2D eigenvalue weighted by Crippen LogP contribution is 2.37. The summed E-state index contributed by atoms with van der Waals surface area (Å²) in [4.78, 5) is 13.3. The van der Waals surface area contributed by atoms with E-state index in [1.165, 1.54) is 16.2 Å². The first-order valence-corrected chi connectivity index (χ1v) is 8.25. The first kappa shape index (κ1) is 14.9. The summed E-state index contributed by atoms with van der Waals surface area (Å²) in [6, 6.07) is 8.87. The number of rotatable bonds is 2. The third-order valence-corrected chi connectivity index (χ3v) is 5.17. The van der Waals surface area contributed by atoms with Crippen molar-refractivity contribution in [1.29, 1.82) is 5.26 Å².